The van der Waals surface area contributed by atoms with E-state index in [-0.39, 0.29) is 11.7 Å². The summed E-state index contributed by atoms with van der Waals surface area (Å²) >= 11 is 0. The highest BCUT2D eigenvalue weighted by Crippen LogP contribution is 2.20. The monoisotopic (exact) mass is 283 g/mol. The van der Waals surface area contributed by atoms with Gasteiger partial charge in [0.25, 0.3) is 5.91 Å². The van der Waals surface area contributed by atoms with Crippen molar-refractivity contribution in [3.63, 3.8) is 0 Å². The van der Waals surface area contributed by atoms with Crippen molar-refractivity contribution in [3.8, 4) is 11.3 Å². The first-order chi connectivity index (χ1) is 10.1. The molecule has 0 aliphatic carbocycles. The van der Waals surface area contributed by atoms with E-state index in [2.05, 4.69) is 25.5 Å². The largest absolute Gasteiger partial charge is 0.449 e. The van der Waals surface area contributed by atoms with Crippen molar-refractivity contribution in [2.24, 2.45) is 0 Å². The minimum Gasteiger partial charge on any atom is -0.449 e. The number of aromatic amines is 1. The molecule has 7 nitrogen and oxygen atoms in total. The van der Waals surface area contributed by atoms with Gasteiger partial charge in [-0.15, -0.1) is 5.10 Å². The maximum Gasteiger partial charge on any atom is 0.295 e. The van der Waals surface area contributed by atoms with Gasteiger partial charge in [0.2, 0.25) is 5.82 Å². The number of carbonyl (C=O) groups is 1. The standard InChI is InChI=1S/C14H13N5O2/c1-8-15-13(19-18-8)14(20)17-11-5-3-10(4-6-11)12-7-21-9(2)16-12/h3-7H,1-2H3,(H,17,20)(H,15,18,19). The van der Waals surface area contributed by atoms with E-state index >= 15 is 0 Å². The van der Waals surface area contributed by atoms with Crippen LogP contribution < -0.4 is 5.32 Å². The number of oxazole rings is 1. The second-order valence-electron chi connectivity index (χ2n) is 4.53. The van der Waals surface area contributed by atoms with Crippen LogP contribution in [0.3, 0.4) is 0 Å². The van der Waals surface area contributed by atoms with Crippen molar-refractivity contribution in [1.82, 2.24) is 20.2 Å². The molecule has 2 aromatic heterocycles. The number of hydrogen-bond donors (Lipinski definition) is 2. The average Bonchev–Trinajstić information content (AvgIpc) is 3.08. The molecule has 0 bridgehead atoms. The molecule has 0 fully saturated rings. The third kappa shape index (κ3) is 2.81. The van der Waals surface area contributed by atoms with E-state index in [1.54, 1.807) is 32.2 Å². The van der Waals surface area contributed by atoms with Crippen molar-refractivity contribution in [2.75, 3.05) is 5.32 Å². The number of nitrogens with one attached hydrogen (secondary N) is 2. The Morgan fingerprint density at radius 1 is 1.19 bits per heavy atom. The molecule has 0 aliphatic rings. The summed E-state index contributed by atoms with van der Waals surface area (Å²) < 4.78 is 5.17. The molecule has 0 aliphatic heterocycles. The van der Waals surface area contributed by atoms with Gasteiger partial charge in [-0.3, -0.25) is 9.89 Å². The number of hydrogen-bond acceptors (Lipinski definition) is 5. The molecular weight excluding hydrogens is 270 g/mol. The minimum atomic E-state index is -0.357. The van der Waals surface area contributed by atoms with E-state index in [0.717, 1.165) is 11.3 Å². The molecule has 1 amide bonds. The summed E-state index contributed by atoms with van der Waals surface area (Å²) in [6, 6.07) is 7.29. The summed E-state index contributed by atoms with van der Waals surface area (Å²) in [6.07, 6.45) is 1.60. The van der Waals surface area contributed by atoms with Gasteiger partial charge in [-0.1, -0.05) is 12.1 Å². The number of aryl methyl sites for hydroxylation is 2. The van der Waals surface area contributed by atoms with Crippen LogP contribution in [-0.2, 0) is 0 Å². The first-order valence-electron chi connectivity index (χ1n) is 6.35. The predicted molar refractivity (Wildman–Crippen MR) is 75.7 cm³/mol. The lowest BCUT2D eigenvalue weighted by molar-refractivity contribution is 0.101. The third-order valence-corrected chi connectivity index (χ3v) is 2.86. The molecule has 3 rings (SSSR count). The highest BCUT2D eigenvalue weighted by Gasteiger charge is 2.11. The number of rotatable bonds is 3. The van der Waals surface area contributed by atoms with Crippen LogP contribution in [0.2, 0.25) is 0 Å². The summed E-state index contributed by atoms with van der Waals surface area (Å²) in [5.41, 5.74) is 2.33. The van der Waals surface area contributed by atoms with Crippen LogP contribution >= 0.6 is 0 Å². The van der Waals surface area contributed by atoms with E-state index in [9.17, 15) is 4.79 Å². The molecule has 21 heavy (non-hydrogen) atoms. The fourth-order valence-electron chi connectivity index (χ4n) is 1.85. The maximum absolute atomic E-state index is 11.9. The maximum atomic E-state index is 11.9. The topological polar surface area (TPSA) is 96.7 Å². The van der Waals surface area contributed by atoms with E-state index in [1.165, 1.54) is 0 Å². The van der Waals surface area contributed by atoms with Crippen LogP contribution in [-0.4, -0.2) is 26.1 Å². The summed E-state index contributed by atoms with van der Waals surface area (Å²) in [6.45, 7) is 3.52. The Bertz CT molecular complexity index is 773. The van der Waals surface area contributed by atoms with Gasteiger partial charge in [0.05, 0.1) is 0 Å². The normalized spacial score (nSPS) is 10.6. The molecule has 7 heteroatoms. The Kier molecular flexibility index (Phi) is 3.23. The van der Waals surface area contributed by atoms with Crippen LogP contribution in [0.5, 0.6) is 0 Å². The fourth-order valence-corrected chi connectivity index (χ4v) is 1.85. The molecule has 1 aromatic carbocycles. The van der Waals surface area contributed by atoms with Crippen molar-refractivity contribution < 1.29 is 9.21 Å². The Hall–Kier alpha value is -2.96. The molecule has 106 valence electrons. The van der Waals surface area contributed by atoms with E-state index in [1.807, 2.05) is 12.1 Å². The number of nitrogens with zero attached hydrogens (tertiary/aromatic N) is 3. The van der Waals surface area contributed by atoms with Crippen molar-refractivity contribution >= 4 is 11.6 Å². The smallest absolute Gasteiger partial charge is 0.295 e. The zero-order valence-corrected chi connectivity index (χ0v) is 11.5. The van der Waals surface area contributed by atoms with Gasteiger partial charge < -0.3 is 9.73 Å². The average molecular weight is 283 g/mol. The second-order valence-corrected chi connectivity index (χ2v) is 4.53. The zero-order chi connectivity index (χ0) is 14.8. The van der Waals surface area contributed by atoms with Crippen molar-refractivity contribution in [1.29, 1.82) is 0 Å². The first-order valence-corrected chi connectivity index (χ1v) is 6.35. The summed E-state index contributed by atoms with van der Waals surface area (Å²) in [7, 11) is 0. The molecule has 0 saturated carbocycles. The quantitative estimate of drug-likeness (QED) is 0.769. The Balaban J connectivity index is 1.74. The van der Waals surface area contributed by atoms with Crippen LogP contribution in [0.1, 0.15) is 22.3 Å². The molecule has 0 saturated heterocycles. The fraction of sp³-hybridized carbons (Fsp3) is 0.143. The summed E-state index contributed by atoms with van der Waals surface area (Å²) in [5, 5.41) is 9.16. The Morgan fingerprint density at radius 3 is 2.52 bits per heavy atom. The Labute approximate surface area is 120 Å². The SMILES string of the molecule is Cc1nc(C(=O)Nc2ccc(-c3coc(C)n3)cc2)n[nH]1. The number of aromatic nitrogens is 4. The first kappa shape index (κ1) is 13.0. The number of anilines is 1. The molecule has 0 radical (unpaired) electrons. The van der Waals surface area contributed by atoms with Crippen molar-refractivity contribution in [2.45, 2.75) is 13.8 Å². The van der Waals surface area contributed by atoms with Crippen LogP contribution in [0.4, 0.5) is 5.69 Å². The zero-order valence-electron chi connectivity index (χ0n) is 11.5. The predicted octanol–water partition coefficient (Wildman–Crippen LogP) is 2.33. The number of H-pyrrole nitrogens is 1. The van der Waals surface area contributed by atoms with Gasteiger partial charge in [-0.25, -0.2) is 9.97 Å². The molecule has 3 aromatic rings. The van der Waals surface area contributed by atoms with Gasteiger partial charge in [0.15, 0.2) is 5.89 Å². The van der Waals surface area contributed by atoms with Crippen LogP contribution in [0.25, 0.3) is 11.3 Å². The highest BCUT2D eigenvalue weighted by atomic mass is 16.3. The van der Waals surface area contributed by atoms with Gasteiger partial charge in [0.1, 0.15) is 17.8 Å². The molecule has 0 unspecified atom stereocenters. The molecular formula is C14H13N5O2. The third-order valence-electron chi connectivity index (χ3n) is 2.86. The van der Waals surface area contributed by atoms with Gasteiger partial charge in [-0.2, -0.15) is 0 Å². The van der Waals surface area contributed by atoms with Crippen LogP contribution in [0, 0.1) is 13.8 Å². The highest BCUT2D eigenvalue weighted by molar-refractivity contribution is 6.01. The van der Waals surface area contributed by atoms with Gasteiger partial charge >= 0.3 is 0 Å². The van der Waals surface area contributed by atoms with E-state index < -0.39 is 0 Å². The lowest BCUT2D eigenvalue weighted by Gasteiger charge is -2.03. The number of amides is 1. The lowest BCUT2D eigenvalue weighted by Crippen LogP contribution is -2.13. The summed E-state index contributed by atoms with van der Waals surface area (Å²) in [4.78, 5) is 20.1. The Morgan fingerprint density at radius 2 is 1.95 bits per heavy atom. The summed E-state index contributed by atoms with van der Waals surface area (Å²) in [5.74, 6) is 0.965. The number of carbonyl (C=O) groups excluding carboxylic acids is 1. The second kappa shape index (κ2) is 5.20. The van der Waals surface area contributed by atoms with Gasteiger partial charge in [-0.05, 0) is 19.1 Å². The van der Waals surface area contributed by atoms with Crippen LogP contribution in [0.15, 0.2) is 34.9 Å². The van der Waals surface area contributed by atoms with E-state index in [4.69, 9.17) is 4.42 Å². The van der Waals surface area contributed by atoms with E-state index in [0.29, 0.717) is 17.4 Å². The number of benzene rings is 1. The van der Waals surface area contributed by atoms with Crippen molar-refractivity contribution in [3.05, 3.63) is 48.1 Å². The molecule has 2 N–H and O–H groups in total. The molecule has 0 spiro atoms. The molecule has 2 heterocycles. The lowest BCUT2D eigenvalue weighted by atomic mass is 10.1. The minimum absolute atomic E-state index is 0.115. The molecule has 0 atom stereocenters. The van der Waals surface area contributed by atoms with Gasteiger partial charge in [0, 0.05) is 18.2 Å².